The van der Waals surface area contributed by atoms with E-state index in [-0.39, 0.29) is 23.6 Å². The number of halogens is 1. The molecule has 27 heavy (non-hydrogen) atoms. The minimum atomic E-state index is -0.388. The topological polar surface area (TPSA) is 93.8 Å². The zero-order valence-electron chi connectivity index (χ0n) is 14.4. The molecule has 2 aromatic carbocycles. The highest BCUT2D eigenvalue weighted by molar-refractivity contribution is 9.10. The minimum absolute atomic E-state index is 0.161. The molecule has 0 unspecified atom stereocenters. The monoisotopic (exact) mass is 445 g/mol. The molecule has 1 aliphatic heterocycles. The minimum Gasteiger partial charge on any atom is -0.483 e. The second-order valence-electron chi connectivity index (χ2n) is 5.70. The SMILES string of the molecule is Cc1ccccc1NC(=O)COc1ccc(Br)cc1/C=C1\SC(N)=NC1=O. The molecule has 3 rings (SSSR count). The quantitative estimate of drug-likeness (QED) is 0.684. The zero-order valence-corrected chi connectivity index (χ0v) is 16.8. The Morgan fingerprint density at radius 2 is 2.11 bits per heavy atom. The average molecular weight is 446 g/mol. The number of nitrogens with zero attached hydrogens (tertiary/aromatic N) is 1. The van der Waals surface area contributed by atoms with Crippen LogP contribution in [0.25, 0.3) is 6.08 Å². The van der Waals surface area contributed by atoms with Gasteiger partial charge in [0.05, 0.1) is 4.91 Å². The molecule has 0 saturated carbocycles. The van der Waals surface area contributed by atoms with Crippen LogP contribution in [0.4, 0.5) is 5.69 Å². The summed E-state index contributed by atoms with van der Waals surface area (Å²) in [5, 5.41) is 3.03. The van der Waals surface area contributed by atoms with Gasteiger partial charge in [-0.1, -0.05) is 34.1 Å². The lowest BCUT2D eigenvalue weighted by Crippen LogP contribution is -2.20. The first-order valence-electron chi connectivity index (χ1n) is 7.98. The van der Waals surface area contributed by atoms with Gasteiger partial charge >= 0.3 is 0 Å². The fourth-order valence-electron chi connectivity index (χ4n) is 2.37. The number of hydrogen-bond donors (Lipinski definition) is 2. The van der Waals surface area contributed by atoms with Crippen molar-refractivity contribution in [3.63, 3.8) is 0 Å². The molecule has 1 heterocycles. The number of ether oxygens (including phenoxy) is 1. The smallest absolute Gasteiger partial charge is 0.286 e. The van der Waals surface area contributed by atoms with Crippen LogP contribution in [0.15, 0.2) is 56.8 Å². The van der Waals surface area contributed by atoms with Crippen LogP contribution in [0, 0.1) is 6.92 Å². The predicted octanol–water partition coefficient (Wildman–Crippen LogP) is 3.70. The summed E-state index contributed by atoms with van der Waals surface area (Å²) in [6, 6.07) is 12.8. The summed E-state index contributed by atoms with van der Waals surface area (Å²) in [6.07, 6.45) is 1.65. The van der Waals surface area contributed by atoms with Crippen LogP contribution in [0.5, 0.6) is 5.75 Å². The van der Waals surface area contributed by atoms with Crippen LogP contribution in [0.3, 0.4) is 0 Å². The number of aryl methyl sites for hydroxylation is 1. The largest absolute Gasteiger partial charge is 0.483 e. The maximum atomic E-state index is 12.2. The van der Waals surface area contributed by atoms with Crippen molar-refractivity contribution < 1.29 is 14.3 Å². The van der Waals surface area contributed by atoms with Crippen molar-refractivity contribution in [2.75, 3.05) is 11.9 Å². The van der Waals surface area contributed by atoms with Gasteiger partial charge in [-0.2, -0.15) is 4.99 Å². The normalized spacial score (nSPS) is 15.0. The molecular weight excluding hydrogens is 430 g/mol. The Hall–Kier alpha value is -2.58. The third-order valence-electron chi connectivity index (χ3n) is 3.67. The lowest BCUT2D eigenvalue weighted by molar-refractivity contribution is -0.118. The Bertz CT molecular complexity index is 972. The first kappa shape index (κ1) is 19.2. The van der Waals surface area contributed by atoms with Gasteiger partial charge in [0.2, 0.25) is 0 Å². The molecule has 138 valence electrons. The lowest BCUT2D eigenvalue weighted by atomic mass is 10.2. The van der Waals surface area contributed by atoms with Gasteiger partial charge in [0.1, 0.15) is 5.75 Å². The number of hydrogen-bond acceptors (Lipinski definition) is 5. The van der Waals surface area contributed by atoms with Gasteiger partial charge in [-0.3, -0.25) is 9.59 Å². The standard InChI is InChI=1S/C19H16BrN3O3S/c1-11-4-2-3-5-14(11)22-17(24)10-26-15-7-6-13(20)8-12(15)9-16-18(25)23-19(21)27-16/h2-9H,10H2,1H3,(H,22,24)(H2,21,23,25)/b16-9-. The summed E-state index contributed by atoms with van der Waals surface area (Å²) >= 11 is 4.50. The van der Waals surface area contributed by atoms with Crippen LogP contribution in [-0.4, -0.2) is 23.6 Å². The highest BCUT2D eigenvalue weighted by atomic mass is 79.9. The molecule has 0 spiro atoms. The van der Waals surface area contributed by atoms with Crippen molar-refractivity contribution in [2.45, 2.75) is 6.92 Å². The van der Waals surface area contributed by atoms with Crippen molar-refractivity contribution in [2.24, 2.45) is 10.7 Å². The number of para-hydroxylation sites is 1. The van der Waals surface area contributed by atoms with Gasteiger partial charge in [0, 0.05) is 15.7 Å². The molecule has 0 atom stereocenters. The van der Waals surface area contributed by atoms with E-state index in [1.165, 1.54) is 0 Å². The van der Waals surface area contributed by atoms with Gasteiger partial charge in [-0.05, 0) is 54.6 Å². The van der Waals surface area contributed by atoms with E-state index in [0.717, 1.165) is 27.5 Å². The third-order valence-corrected chi connectivity index (χ3v) is 4.98. The Labute approximate surface area is 169 Å². The van der Waals surface area contributed by atoms with Gasteiger partial charge in [-0.15, -0.1) is 0 Å². The highest BCUT2D eigenvalue weighted by Crippen LogP contribution is 2.31. The second-order valence-corrected chi connectivity index (χ2v) is 7.68. The van der Waals surface area contributed by atoms with Crippen molar-refractivity contribution >= 4 is 56.4 Å². The number of anilines is 1. The van der Waals surface area contributed by atoms with Crippen LogP contribution in [0.2, 0.25) is 0 Å². The van der Waals surface area contributed by atoms with E-state index in [2.05, 4.69) is 26.2 Å². The molecule has 0 saturated heterocycles. The van der Waals surface area contributed by atoms with Gasteiger partial charge in [0.15, 0.2) is 11.8 Å². The third kappa shape index (κ3) is 4.99. The average Bonchev–Trinajstić information content (AvgIpc) is 2.93. The van der Waals surface area contributed by atoms with Crippen LogP contribution >= 0.6 is 27.7 Å². The number of carbonyl (C=O) groups is 2. The second kappa shape index (κ2) is 8.41. The van der Waals surface area contributed by atoms with E-state index in [1.54, 1.807) is 24.3 Å². The number of nitrogens with one attached hydrogen (secondary N) is 1. The molecule has 0 fully saturated rings. The summed E-state index contributed by atoms with van der Waals surface area (Å²) in [5.74, 6) is -0.185. The van der Waals surface area contributed by atoms with Gasteiger partial charge in [-0.25, -0.2) is 0 Å². The van der Waals surface area contributed by atoms with Crippen molar-refractivity contribution in [3.05, 3.63) is 63.0 Å². The van der Waals surface area contributed by atoms with Gasteiger partial charge in [0.25, 0.3) is 11.8 Å². The molecule has 2 aromatic rings. The fourth-order valence-corrected chi connectivity index (χ4v) is 3.42. The summed E-state index contributed by atoms with van der Waals surface area (Å²) in [6.45, 7) is 1.76. The molecule has 0 radical (unpaired) electrons. The van der Waals surface area contributed by atoms with E-state index >= 15 is 0 Å². The Balaban J connectivity index is 1.72. The number of aliphatic imine (C=N–C) groups is 1. The molecule has 6 nitrogen and oxygen atoms in total. The van der Waals surface area contributed by atoms with Gasteiger partial charge < -0.3 is 15.8 Å². The number of carbonyl (C=O) groups excluding carboxylic acids is 2. The molecule has 8 heteroatoms. The lowest BCUT2D eigenvalue weighted by Gasteiger charge is -2.11. The molecule has 2 amide bonds. The highest BCUT2D eigenvalue weighted by Gasteiger charge is 2.20. The van der Waals surface area contributed by atoms with E-state index < -0.39 is 0 Å². The first-order valence-corrected chi connectivity index (χ1v) is 9.59. The number of rotatable bonds is 5. The van der Waals surface area contributed by atoms with Crippen LogP contribution in [-0.2, 0) is 9.59 Å². The Kier molecular flexibility index (Phi) is 5.98. The zero-order chi connectivity index (χ0) is 19.4. The fraction of sp³-hybridized carbons (Fsp3) is 0.105. The molecule has 0 aliphatic carbocycles. The summed E-state index contributed by atoms with van der Waals surface area (Å²) < 4.78 is 6.49. The number of amidine groups is 1. The van der Waals surface area contributed by atoms with E-state index in [4.69, 9.17) is 10.5 Å². The van der Waals surface area contributed by atoms with Crippen LogP contribution < -0.4 is 15.8 Å². The van der Waals surface area contributed by atoms with Crippen molar-refractivity contribution in [1.82, 2.24) is 0 Å². The Morgan fingerprint density at radius 3 is 2.81 bits per heavy atom. The van der Waals surface area contributed by atoms with E-state index in [1.807, 2.05) is 31.2 Å². The number of nitrogens with two attached hydrogens (primary N) is 1. The van der Waals surface area contributed by atoms with Crippen molar-refractivity contribution in [1.29, 1.82) is 0 Å². The summed E-state index contributed by atoms with van der Waals surface area (Å²) in [5.41, 5.74) is 7.93. The summed E-state index contributed by atoms with van der Waals surface area (Å²) in [4.78, 5) is 28.1. The number of benzene rings is 2. The summed E-state index contributed by atoms with van der Waals surface area (Å²) in [7, 11) is 0. The predicted molar refractivity (Wildman–Crippen MR) is 112 cm³/mol. The number of amides is 2. The number of thioether (sulfide) groups is 1. The van der Waals surface area contributed by atoms with E-state index in [0.29, 0.717) is 16.2 Å². The molecule has 3 N–H and O–H groups in total. The molecule has 0 bridgehead atoms. The molecular formula is C19H16BrN3O3S. The molecule has 1 aliphatic rings. The molecule has 0 aromatic heterocycles. The maximum absolute atomic E-state index is 12.2. The maximum Gasteiger partial charge on any atom is 0.286 e. The van der Waals surface area contributed by atoms with E-state index in [9.17, 15) is 9.59 Å². The Morgan fingerprint density at radius 1 is 1.33 bits per heavy atom. The first-order chi connectivity index (χ1) is 12.9. The van der Waals surface area contributed by atoms with Crippen molar-refractivity contribution in [3.8, 4) is 5.75 Å². The van der Waals surface area contributed by atoms with Crippen LogP contribution in [0.1, 0.15) is 11.1 Å².